The molecule has 6 N–H and O–H groups in total. The van der Waals surface area contributed by atoms with Gasteiger partial charge in [-0.2, -0.15) is 0 Å². The summed E-state index contributed by atoms with van der Waals surface area (Å²) in [5.74, 6) is -2.08. The summed E-state index contributed by atoms with van der Waals surface area (Å²) in [6.07, 6.45) is 4.74. The van der Waals surface area contributed by atoms with Gasteiger partial charge in [-0.1, -0.05) is 48.5 Å². The van der Waals surface area contributed by atoms with E-state index in [0.717, 1.165) is 12.2 Å². The van der Waals surface area contributed by atoms with Gasteiger partial charge in [-0.15, -0.1) is 0 Å². The Balaban J connectivity index is 0.000000523. The Labute approximate surface area is 182 Å². The molecule has 0 heterocycles. The number of rotatable bonds is 6. The Morgan fingerprint density at radius 1 is 0.690 bits per heavy atom. The van der Waals surface area contributed by atoms with Crippen LogP contribution in [0.4, 0.5) is 0 Å². The second kappa shape index (κ2) is 13.7. The fraction of sp³-hybridized carbons (Fsp3) is 0. The maximum atomic E-state index is 10.2. The minimum atomic E-state index is -1.53. The molecule has 2 aromatic rings. The first-order valence-corrected chi connectivity index (χ1v) is 7.93. The SMILES string of the molecule is O=C(O)C=Cc1cccc(B(O)O)c1.O=C(O)C=Cc1cccc(B(O)O)c1.[Ti]. The molecule has 0 spiro atoms. The van der Waals surface area contributed by atoms with Crippen LogP contribution in [-0.2, 0) is 31.3 Å². The summed E-state index contributed by atoms with van der Waals surface area (Å²) in [5.41, 5.74) is 1.88. The van der Waals surface area contributed by atoms with Gasteiger partial charge in [0.25, 0.3) is 0 Å². The molecule has 2 aromatic carbocycles. The molecule has 0 aliphatic rings. The van der Waals surface area contributed by atoms with Gasteiger partial charge in [-0.25, -0.2) is 9.59 Å². The normalized spacial score (nSPS) is 10.1. The van der Waals surface area contributed by atoms with Crippen LogP contribution in [0.5, 0.6) is 0 Å². The van der Waals surface area contributed by atoms with E-state index in [9.17, 15) is 9.59 Å². The van der Waals surface area contributed by atoms with E-state index in [-0.39, 0.29) is 21.7 Å². The molecule has 0 saturated heterocycles. The van der Waals surface area contributed by atoms with E-state index in [1.165, 1.54) is 24.3 Å². The number of benzene rings is 2. The van der Waals surface area contributed by atoms with Crippen LogP contribution < -0.4 is 10.9 Å². The fourth-order valence-corrected chi connectivity index (χ4v) is 1.98. The van der Waals surface area contributed by atoms with Crippen molar-refractivity contribution in [3.8, 4) is 0 Å². The standard InChI is InChI=1S/2C9H9BO4.Ti/c2*11-9(12)5-4-7-2-1-3-8(6-7)10(13)14;/h2*1-6,13-14H,(H,11,12);. The van der Waals surface area contributed by atoms with Gasteiger partial charge in [0.1, 0.15) is 0 Å². The molecule has 11 heteroatoms. The van der Waals surface area contributed by atoms with Crippen molar-refractivity contribution < 1.29 is 61.6 Å². The molecule has 0 saturated carbocycles. The van der Waals surface area contributed by atoms with Crippen LogP contribution in [0.1, 0.15) is 11.1 Å². The zero-order valence-corrected chi connectivity index (χ0v) is 16.6. The largest absolute Gasteiger partial charge is 0.488 e. The van der Waals surface area contributed by atoms with Crippen LogP contribution in [0.15, 0.2) is 60.7 Å². The van der Waals surface area contributed by atoms with Crippen LogP contribution in [0.2, 0.25) is 0 Å². The minimum Gasteiger partial charge on any atom is -0.478 e. The van der Waals surface area contributed by atoms with E-state index < -0.39 is 26.2 Å². The zero-order chi connectivity index (χ0) is 21.1. The van der Waals surface area contributed by atoms with Gasteiger partial charge in [-0.05, 0) is 34.2 Å². The van der Waals surface area contributed by atoms with Crippen molar-refractivity contribution in [3.63, 3.8) is 0 Å². The van der Waals surface area contributed by atoms with Gasteiger partial charge in [0.2, 0.25) is 0 Å². The molecule has 0 fully saturated rings. The fourth-order valence-electron chi connectivity index (χ4n) is 1.98. The molecule has 0 aliphatic carbocycles. The first-order chi connectivity index (χ1) is 13.2. The smallest absolute Gasteiger partial charge is 0.478 e. The summed E-state index contributed by atoms with van der Waals surface area (Å²) in [6.45, 7) is 0. The van der Waals surface area contributed by atoms with E-state index in [1.807, 2.05) is 0 Å². The van der Waals surface area contributed by atoms with Crippen molar-refractivity contribution in [1.82, 2.24) is 0 Å². The van der Waals surface area contributed by atoms with E-state index in [1.54, 1.807) is 36.4 Å². The summed E-state index contributed by atoms with van der Waals surface area (Å²) >= 11 is 0. The van der Waals surface area contributed by atoms with Crippen molar-refractivity contribution in [2.24, 2.45) is 0 Å². The van der Waals surface area contributed by atoms with Crippen molar-refractivity contribution in [3.05, 3.63) is 71.8 Å². The van der Waals surface area contributed by atoms with Gasteiger partial charge in [-0.3, -0.25) is 0 Å². The predicted octanol–water partition coefficient (Wildman–Crippen LogP) is -1.07. The van der Waals surface area contributed by atoms with Crippen LogP contribution >= 0.6 is 0 Å². The van der Waals surface area contributed by atoms with Gasteiger partial charge in [0.15, 0.2) is 0 Å². The molecule has 0 unspecified atom stereocenters. The first kappa shape index (κ1) is 26.5. The molecule has 29 heavy (non-hydrogen) atoms. The Kier molecular flexibility index (Phi) is 12.5. The molecule has 0 radical (unpaired) electrons. The summed E-state index contributed by atoms with van der Waals surface area (Å²) in [5, 5.41) is 52.1. The van der Waals surface area contributed by atoms with Gasteiger partial charge in [0, 0.05) is 33.9 Å². The van der Waals surface area contributed by atoms with E-state index in [2.05, 4.69) is 0 Å². The molecule has 0 aromatic heterocycles. The maximum Gasteiger partial charge on any atom is 0.488 e. The van der Waals surface area contributed by atoms with Crippen LogP contribution in [0, 0.1) is 0 Å². The van der Waals surface area contributed by atoms with Crippen molar-refractivity contribution in [2.45, 2.75) is 0 Å². The van der Waals surface area contributed by atoms with E-state index in [0.29, 0.717) is 22.1 Å². The summed E-state index contributed by atoms with van der Waals surface area (Å²) in [4.78, 5) is 20.4. The number of hydrogen-bond donors (Lipinski definition) is 6. The molecule has 0 atom stereocenters. The molecule has 0 bridgehead atoms. The van der Waals surface area contributed by atoms with Crippen LogP contribution in [0.3, 0.4) is 0 Å². The van der Waals surface area contributed by atoms with Gasteiger partial charge >= 0.3 is 26.2 Å². The molecule has 148 valence electrons. The monoisotopic (exact) mass is 432 g/mol. The summed E-state index contributed by atoms with van der Waals surface area (Å²) in [6, 6.07) is 12.7. The Hall–Kier alpha value is -2.46. The van der Waals surface area contributed by atoms with Crippen molar-refractivity contribution in [2.75, 3.05) is 0 Å². The van der Waals surface area contributed by atoms with Gasteiger partial charge in [0.05, 0.1) is 0 Å². The van der Waals surface area contributed by atoms with E-state index >= 15 is 0 Å². The zero-order valence-electron chi connectivity index (χ0n) is 15.1. The average Bonchev–Trinajstić information content (AvgIpc) is 2.65. The molecule has 2 rings (SSSR count). The Morgan fingerprint density at radius 3 is 1.31 bits per heavy atom. The summed E-state index contributed by atoms with van der Waals surface area (Å²) in [7, 11) is -3.07. The number of carboxylic acid groups (broad SMARTS) is 2. The second-order valence-electron chi connectivity index (χ2n) is 5.43. The van der Waals surface area contributed by atoms with Crippen molar-refractivity contribution >= 4 is 49.3 Å². The number of hydrogen-bond acceptors (Lipinski definition) is 6. The Morgan fingerprint density at radius 2 is 1.03 bits per heavy atom. The Bertz CT molecular complexity index is 797. The third-order valence-electron chi connectivity index (χ3n) is 3.25. The number of aliphatic carboxylic acids is 2. The third-order valence-corrected chi connectivity index (χ3v) is 3.25. The summed E-state index contributed by atoms with van der Waals surface area (Å²) < 4.78 is 0. The average molecular weight is 432 g/mol. The van der Waals surface area contributed by atoms with Crippen molar-refractivity contribution in [1.29, 1.82) is 0 Å². The van der Waals surface area contributed by atoms with E-state index in [4.69, 9.17) is 30.3 Å². The number of carbonyl (C=O) groups is 2. The molecular weight excluding hydrogens is 414 g/mol. The quantitative estimate of drug-likeness (QED) is 0.249. The molecule has 8 nitrogen and oxygen atoms in total. The van der Waals surface area contributed by atoms with Crippen LogP contribution in [-0.4, -0.2) is 56.5 Å². The molecule has 0 amide bonds. The van der Waals surface area contributed by atoms with Crippen LogP contribution in [0.25, 0.3) is 12.2 Å². The predicted molar refractivity (Wildman–Crippen MR) is 106 cm³/mol. The number of carboxylic acids is 2. The second-order valence-corrected chi connectivity index (χ2v) is 5.43. The topological polar surface area (TPSA) is 156 Å². The molecule has 0 aliphatic heterocycles. The first-order valence-electron chi connectivity index (χ1n) is 7.93. The van der Waals surface area contributed by atoms with Gasteiger partial charge < -0.3 is 30.3 Å². The third kappa shape index (κ3) is 11.2. The minimum absolute atomic E-state index is 0. The maximum absolute atomic E-state index is 10.2. The molecular formula is C18H18B2O8Ti.